The molecule has 0 saturated carbocycles. The Hall–Kier alpha value is -2.33. The second-order valence-electron chi connectivity index (χ2n) is 7.46. The third-order valence-electron chi connectivity index (χ3n) is 5.30. The molecule has 138 valence electrons. The Morgan fingerprint density at radius 2 is 1.88 bits per heavy atom. The molecule has 0 bridgehead atoms. The molecule has 3 rings (SSSR count). The summed E-state index contributed by atoms with van der Waals surface area (Å²) in [6.45, 7) is 10.1. The highest BCUT2D eigenvalue weighted by Gasteiger charge is 2.22. The van der Waals surface area contributed by atoms with Crippen LogP contribution in [0.5, 0.6) is 0 Å². The fourth-order valence-corrected chi connectivity index (χ4v) is 3.46. The Bertz CT molecular complexity index is 754. The minimum atomic E-state index is -0.115. The molecule has 1 heterocycles. The van der Waals surface area contributed by atoms with Crippen LogP contribution in [0.1, 0.15) is 28.7 Å². The minimum absolute atomic E-state index is 0.115. The molecule has 0 radical (unpaired) electrons. The lowest BCUT2D eigenvalue weighted by Crippen LogP contribution is -2.34. The molecule has 1 fully saturated rings. The summed E-state index contributed by atoms with van der Waals surface area (Å²) in [7, 11) is 0. The van der Waals surface area contributed by atoms with Crippen LogP contribution in [0, 0.1) is 26.7 Å². The Balaban J connectivity index is 1.43. The van der Waals surface area contributed by atoms with Crippen molar-refractivity contribution in [2.24, 2.45) is 5.92 Å². The summed E-state index contributed by atoms with van der Waals surface area (Å²) in [5, 5.41) is 6.00. The number of benzene rings is 2. The van der Waals surface area contributed by atoms with Gasteiger partial charge in [0.2, 0.25) is 0 Å². The van der Waals surface area contributed by atoms with Crippen molar-refractivity contribution in [2.75, 3.05) is 25.0 Å². The van der Waals surface area contributed by atoms with E-state index >= 15 is 0 Å². The van der Waals surface area contributed by atoms with E-state index in [4.69, 9.17) is 0 Å². The first-order chi connectivity index (χ1) is 12.5. The lowest BCUT2D eigenvalue weighted by molar-refractivity contribution is 0.249. The summed E-state index contributed by atoms with van der Waals surface area (Å²) in [6, 6.07) is 14.6. The van der Waals surface area contributed by atoms with E-state index in [-0.39, 0.29) is 6.03 Å². The van der Waals surface area contributed by atoms with Crippen molar-refractivity contribution in [3.8, 4) is 0 Å². The van der Waals surface area contributed by atoms with Crippen LogP contribution in [0.25, 0.3) is 0 Å². The van der Waals surface area contributed by atoms with E-state index in [9.17, 15) is 4.79 Å². The quantitative estimate of drug-likeness (QED) is 0.845. The van der Waals surface area contributed by atoms with E-state index in [0.717, 1.165) is 43.9 Å². The average molecular weight is 351 g/mol. The van der Waals surface area contributed by atoms with E-state index in [2.05, 4.69) is 59.7 Å². The number of anilines is 1. The number of amides is 2. The maximum atomic E-state index is 12.2. The van der Waals surface area contributed by atoms with Crippen LogP contribution < -0.4 is 10.6 Å². The molecule has 1 unspecified atom stereocenters. The van der Waals surface area contributed by atoms with Gasteiger partial charge in [-0.25, -0.2) is 4.79 Å². The zero-order valence-electron chi connectivity index (χ0n) is 16.0. The van der Waals surface area contributed by atoms with E-state index in [1.807, 2.05) is 19.1 Å². The number of hydrogen-bond acceptors (Lipinski definition) is 2. The van der Waals surface area contributed by atoms with Gasteiger partial charge in [-0.3, -0.25) is 4.90 Å². The summed E-state index contributed by atoms with van der Waals surface area (Å²) in [5.41, 5.74) is 5.84. The molecule has 0 aromatic heterocycles. The van der Waals surface area contributed by atoms with Gasteiger partial charge in [0.15, 0.2) is 0 Å². The van der Waals surface area contributed by atoms with Crippen LogP contribution in [-0.2, 0) is 6.54 Å². The van der Waals surface area contributed by atoms with Crippen molar-refractivity contribution < 1.29 is 4.79 Å². The molecule has 0 spiro atoms. The van der Waals surface area contributed by atoms with Crippen molar-refractivity contribution in [2.45, 2.75) is 33.7 Å². The summed E-state index contributed by atoms with van der Waals surface area (Å²) < 4.78 is 0. The number of hydrogen-bond donors (Lipinski definition) is 2. The van der Waals surface area contributed by atoms with Crippen molar-refractivity contribution in [3.63, 3.8) is 0 Å². The Morgan fingerprint density at radius 1 is 1.12 bits per heavy atom. The molecule has 0 aliphatic carbocycles. The van der Waals surface area contributed by atoms with Crippen LogP contribution in [0.15, 0.2) is 42.5 Å². The van der Waals surface area contributed by atoms with Gasteiger partial charge in [-0.1, -0.05) is 42.0 Å². The third-order valence-corrected chi connectivity index (χ3v) is 5.30. The van der Waals surface area contributed by atoms with E-state index in [1.54, 1.807) is 0 Å². The van der Waals surface area contributed by atoms with E-state index in [1.165, 1.54) is 16.7 Å². The highest BCUT2D eigenvalue weighted by atomic mass is 16.2. The largest absolute Gasteiger partial charge is 0.338 e. The van der Waals surface area contributed by atoms with Gasteiger partial charge >= 0.3 is 6.03 Å². The number of rotatable bonds is 5. The second-order valence-corrected chi connectivity index (χ2v) is 7.46. The first kappa shape index (κ1) is 18.5. The van der Waals surface area contributed by atoms with Gasteiger partial charge in [0, 0.05) is 25.3 Å². The van der Waals surface area contributed by atoms with Gasteiger partial charge in [0.05, 0.1) is 0 Å². The minimum Gasteiger partial charge on any atom is -0.338 e. The maximum absolute atomic E-state index is 12.2. The zero-order valence-corrected chi connectivity index (χ0v) is 16.0. The standard InChI is InChI=1S/C22H29N3O/c1-16-7-9-19(10-8-16)14-25-12-11-20(15-25)13-23-22(26)24-21-6-4-5-17(2)18(21)3/h4-10,20H,11-15H2,1-3H3,(H2,23,24,26). The first-order valence-corrected chi connectivity index (χ1v) is 9.40. The molecule has 4 nitrogen and oxygen atoms in total. The van der Waals surface area contributed by atoms with E-state index < -0.39 is 0 Å². The number of likely N-dealkylation sites (tertiary alicyclic amines) is 1. The highest BCUT2D eigenvalue weighted by Crippen LogP contribution is 2.19. The molecule has 2 amide bonds. The molecule has 26 heavy (non-hydrogen) atoms. The topological polar surface area (TPSA) is 44.4 Å². The third kappa shape index (κ3) is 4.85. The molecule has 2 aromatic carbocycles. The number of nitrogens with zero attached hydrogens (tertiary/aromatic N) is 1. The lowest BCUT2D eigenvalue weighted by atomic mass is 10.1. The van der Waals surface area contributed by atoms with Crippen molar-refractivity contribution in [3.05, 3.63) is 64.7 Å². The molecule has 1 aliphatic heterocycles. The predicted molar refractivity (Wildman–Crippen MR) is 108 cm³/mol. The molecule has 4 heteroatoms. The van der Waals surface area contributed by atoms with Crippen LogP contribution in [0.3, 0.4) is 0 Å². The normalized spacial score (nSPS) is 17.3. The second kappa shape index (κ2) is 8.37. The fraction of sp³-hybridized carbons (Fsp3) is 0.409. The molecular weight excluding hydrogens is 322 g/mol. The van der Waals surface area contributed by atoms with Gasteiger partial charge in [0.1, 0.15) is 0 Å². The Labute approximate surface area is 156 Å². The first-order valence-electron chi connectivity index (χ1n) is 9.40. The smallest absolute Gasteiger partial charge is 0.319 e. The van der Waals surface area contributed by atoms with Crippen molar-refractivity contribution in [1.29, 1.82) is 0 Å². The van der Waals surface area contributed by atoms with Gasteiger partial charge in [-0.05, 0) is 62.4 Å². The van der Waals surface area contributed by atoms with Gasteiger partial charge < -0.3 is 10.6 Å². The Morgan fingerprint density at radius 3 is 2.65 bits per heavy atom. The van der Waals surface area contributed by atoms with Crippen LogP contribution in [-0.4, -0.2) is 30.6 Å². The molecular formula is C22H29N3O. The Kier molecular flexibility index (Phi) is 5.94. The number of aryl methyl sites for hydroxylation is 2. The average Bonchev–Trinajstić information content (AvgIpc) is 3.07. The summed E-state index contributed by atoms with van der Waals surface area (Å²) in [5.74, 6) is 0.518. The molecule has 1 atom stereocenters. The number of nitrogens with one attached hydrogen (secondary N) is 2. The summed E-state index contributed by atoms with van der Waals surface area (Å²) in [6.07, 6.45) is 1.13. The molecule has 2 aromatic rings. The zero-order chi connectivity index (χ0) is 18.5. The predicted octanol–water partition coefficient (Wildman–Crippen LogP) is 4.26. The SMILES string of the molecule is Cc1ccc(CN2CCC(CNC(=O)Nc3cccc(C)c3C)C2)cc1. The monoisotopic (exact) mass is 351 g/mol. The van der Waals surface area contributed by atoms with E-state index in [0.29, 0.717) is 5.92 Å². The molecule has 1 saturated heterocycles. The molecule has 1 aliphatic rings. The fourth-order valence-electron chi connectivity index (χ4n) is 3.46. The van der Waals surface area contributed by atoms with Gasteiger partial charge in [-0.15, -0.1) is 0 Å². The number of carbonyl (C=O) groups excluding carboxylic acids is 1. The van der Waals surface area contributed by atoms with Crippen LogP contribution in [0.4, 0.5) is 10.5 Å². The summed E-state index contributed by atoms with van der Waals surface area (Å²) >= 11 is 0. The molecule has 2 N–H and O–H groups in total. The maximum Gasteiger partial charge on any atom is 0.319 e. The highest BCUT2D eigenvalue weighted by molar-refractivity contribution is 5.90. The van der Waals surface area contributed by atoms with Crippen LogP contribution in [0.2, 0.25) is 0 Å². The number of urea groups is 1. The van der Waals surface area contributed by atoms with Crippen molar-refractivity contribution in [1.82, 2.24) is 10.2 Å². The lowest BCUT2D eigenvalue weighted by Gasteiger charge is -2.17. The van der Waals surface area contributed by atoms with Crippen molar-refractivity contribution >= 4 is 11.7 Å². The van der Waals surface area contributed by atoms with Gasteiger partial charge in [0.25, 0.3) is 0 Å². The number of carbonyl (C=O) groups is 1. The van der Waals surface area contributed by atoms with Crippen LogP contribution >= 0.6 is 0 Å². The summed E-state index contributed by atoms with van der Waals surface area (Å²) in [4.78, 5) is 14.7. The van der Waals surface area contributed by atoms with Gasteiger partial charge in [-0.2, -0.15) is 0 Å².